The minimum Gasteiger partial charge on any atom is -0.494 e. The van der Waals surface area contributed by atoms with Gasteiger partial charge in [0.25, 0.3) is 0 Å². The highest BCUT2D eigenvalue weighted by Gasteiger charge is 2.06. The maximum atomic E-state index is 6.24. The SMILES string of the molecule is CCOc1ccc2c(ccn2Cc2cc(N)ccc2Cl)c1. The van der Waals surface area contributed by atoms with E-state index in [-0.39, 0.29) is 0 Å². The van der Waals surface area contributed by atoms with Gasteiger partial charge in [0.1, 0.15) is 5.75 Å². The molecule has 1 aromatic heterocycles. The van der Waals surface area contributed by atoms with E-state index in [0.29, 0.717) is 13.2 Å². The Kier molecular flexibility index (Phi) is 3.76. The van der Waals surface area contributed by atoms with Crippen molar-refractivity contribution in [3.05, 3.63) is 59.2 Å². The Morgan fingerprint density at radius 3 is 2.81 bits per heavy atom. The van der Waals surface area contributed by atoms with Gasteiger partial charge >= 0.3 is 0 Å². The van der Waals surface area contributed by atoms with Crippen molar-refractivity contribution >= 4 is 28.2 Å². The lowest BCUT2D eigenvalue weighted by Crippen LogP contribution is -2.00. The normalized spacial score (nSPS) is 11.0. The van der Waals surface area contributed by atoms with E-state index in [1.807, 2.05) is 31.2 Å². The second-order valence-corrected chi connectivity index (χ2v) is 5.36. The van der Waals surface area contributed by atoms with Crippen LogP contribution in [-0.4, -0.2) is 11.2 Å². The lowest BCUT2D eigenvalue weighted by Gasteiger charge is -2.09. The predicted molar refractivity (Wildman–Crippen MR) is 88.1 cm³/mol. The third-order valence-corrected chi connectivity index (χ3v) is 3.83. The molecule has 0 bridgehead atoms. The zero-order chi connectivity index (χ0) is 14.8. The van der Waals surface area contributed by atoms with E-state index in [2.05, 4.69) is 29.0 Å². The summed E-state index contributed by atoms with van der Waals surface area (Å²) < 4.78 is 7.69. The molecular weight excluding hydrogens is 284 g/mol. The number of hydrogen-bond donors (Lipinski definition) is 1. The number of halogens is 1. The van der Waals surface area contributed by atoms with Gasteiger partial charge in [0.15, 0.2) is 0 Å². The molecule has 2 aromatic carbocycles. The molecule has 0 aliphatic heterocycles. The molecule has 0 aliphatic carbocycles. The molecule has 0 saturated carbocycles. The van der Waals surface area contributed by atoms with Crippen LogP contribution in [0.2, 0.25) is 5.02 Å². The third kappa shape index (κ3) is 2.83. The Morgan fingerprint density at radius 1 is 1.14 bits per heavy atom. The van der Waals surface area contributed by atoms with Crippen LogP contribution in [0.3, 0.4) is 0 Å². The number of ether oxygens (including phenoxy) is 1. The zero-order valence-electron chi connectivity index (χ0n) is 11.8. The Balaban J connectivity index is 1.96. The van der Waals surface area contributed by atoms with Crippen LogP contribution in [0.1, 0.15) is 12.5 Å². The van der Waals surface area contributed by atoms with Gasteiger partial charge in [0, 0.05) is 34.4 Å². The molecule has 2 N–H and O–H groups in total. The lowest BCUT2D eigenvalue weighted by atomic mass is 10.2. The van der Waals surface area contributed by atoms with Gasteiger partial charge in [-0.3, -0.25) is 0 Å². The fourth-order valence-corrected chi connectivity index (χ4v) is 2.65. The molecule has 21 heavy (non-hydrogen) atoms. The largest absolute Gasteiger partial charge is 0.494 e. The third-order valence-electron chi connectivity index (χ3n) is 3.46. The first kappa shape index (κ1) is 13.8. The molecule has 0 spiro atoms. The van der Waals surface area contributed by atoms with E-state index >= 15 is 0 Å². The Labute approximate surface area is 128 Å². The van der Waals surface area contributed by atoms with Crippen molar-refractivity contribution in [3.63, 3.8) is 0 Å². The second kappa shape index (κ2) is 5.70. The molecule has 0 atom stereocenters. The van der Waals surface area contributed by atoms with Crippen LogP contribution in [0.25, 0.3) is 10.9 Å². The molecule has 4 heteroatoms. The first-order chi connectivity index (χ1) is 10.2. The molecule has 0 saturated heterocycles. The Morgan fingerprint density at radius 2 is 2.00 bits per heavy atom. The molecule has 0 amide bonds. The molecule has 3 rings (SSSR count). The monoisotopic (exact) mass is 300 g/mol. The van der Waals surface area contributed by atoms with E-state index in [0.717, 1.165) is 32.9 Å². The van der Waals surface area contributed by atoms with Crippen molar-refractivity contribution in [1.29, 1.82) is 0 Å². The van der Waals surface area contributed by atoms with Gasteiger partial charge in [-0.2, -0.15) is 0 Å². The fraction of sp³-hybridized carbons (Fsp3) is 0.176. The summed E-state index contributed by atoms with van der Waals surface area (Å²) in [5.74, 6) is 0.893. The van der Waals surface area contributed by atoms with Crippen LogP contribution in [0.15, 0.2) is 48.7 Å². The average Bonchev–Trinajstić information content (AvgIpc) is 2.86. The van der Waals surface area contributed by atoms with E-state index < -0.39 is 0 Å². The predicted octanol–water partition coefficient (Wildman–Crippen LogP) is 4.32. The summed E-state index contributed by atoms with van der Waals surface area (Å²) in [6.07, 6.45) is 2.06. The summed E-state index contributed by atoms with van der Waals surface area (Å²) in [5, 5.41) is 1.89. The van der Waals surface area contributed by atoms with Crippen LogP contribution in [0, 0.1) is 0 Å². The molecule has 3 nitrogen and oxygen atoms in total. The van der Waals surface area contributed by atoms with E-state index in [1.165, 1.54) is 0 Å². The van der Waals surface area contributed by atoms with Gasteiger partial charge in [0.05, 0.1) is 6.61 Å². The first-order valence-corrected chi connectivity index (χ1v) is 7.31. The number of rotatable bonds is 4. The van der Waals surface area contributed by atoms with Gasteiger partial charge < -0.3 is 15.0 Å². The highest BCUT2D eigenvalue weighted by molar-refractivity contribution is 6.31. The summed E-state index contributed by atoms with van der Waals surface area (Å²) >= 11 is 6.24. The van der Waals surface area contributed by atoms with Gasteiger partial charge in [-0.25, -0.2) is 0 Å². The topological polar surface area (TPSA) is 40.2 Å². The maximum absolute atomic E-state index is 6.24. The van der Waals surface area contributed by atoms with Gasteiger partial charge in [-0.05, 0) is 55.0 Å². The standard InChI is InChI=1S/C17H17ClN2O/c1-2-21-15-4-6-17-12(10-15)7-8-20(17)11-13-9-14(19)3-5-16(13)18/h3-10H,2,11,19H2,1H3. The summed E-state index contributed by atoms with van der Waals surface area (Å²) in [6, 6.07) is 13.8. The van der Waals surface area contributed by atoms with Crippen molar-refractivity contribution in [2.75, 3.05) is 12.3 Å². The first-order valence-electron chi connectivity index (χ1n) is 6.93. The molecule has 1 heterocycles. The summed E-state index contributed by atoms with van der Waals surface area (Å²) in [7, 11) is 0. The molecular formula is C17H17ClN2O. The van der Waals surface area contributed by atoms with E-state index in [1.54, 1.807) is 0 Å². The Hall–Kier alpha value is -2.13. The van der Waals surface area contributed by atoms with Crippen LogP contribution in [0.4, 0.5) is 5.69 Å². The second-order valence-electron chi connectivity index (χ2n) is 4.95. The van der Waals surface area contributed by atoms with Crippen molar-refractivity contribution < 1.29 is 4.74 Å². The summed E-state index contributed by atoms with van der Waals surface area (Å²) in [5.41, 5.74) is 8.73. The number of nitrogens with zero attached hydrogens (tertiary/aromatic N) is 1. The highest BCUT2D eigenvalue weighted by Crippen LogP contribution is 2.25. The Bertz CT molecular complexity index is 780. The van der Waals surface area contributed by atoms with Crippen LogP contribution < -0.4 is 10.5 Å². The number of aromatic nitrogens is 1. The minimum absolute atomic E-state index is 0.672. The van der Waals surface area contributed by atoms with Gasteiger partial charge in [-0.15, -0.1) is 0 Å². The van der Waals surface area contributed by atoms with Crippen molar-refractivity contribution in [3.8, 4) is 5.75 Å². The molecule has 3 aromatic rings. The number of hydrogen-bond acceptors (Lipinski definition) is 2. The zero-order valence-corrected chi connectivity index (χ0v) is 12.6. The quantitative estimate of drug-likeness (QED) is 0.729. The highest BCUT2D eigenvalue weighted by atomic mass is 35.5. The maximum Gasteiger partial charge on any atom is 0.120 e. The number of fused-ring (bicyclic) bond motifs is 1. The summed E-state index contributed by atoms with van der Waals surface area (Å²) in [4.78, 5) is 0. The van der Waals surface area contributed by atoms with Crippen LogP contribution in [-0.2, 0) is 6.54 Å². The number of nitrogens with two attached hydrogens (primary N) is 1. The smallest absolute Gasteiger partial charge is 0.120 e. The van der Waals surface area contributed by atoms with E-state index in [4.69, 9.17) is 22.1 Å². The van der Waals surface area contributed by atoms with Gasteiger partial charge in [0.2, 0.25) is 0 Å². The van der Waals surface area contributed by atoms with Crippen molar-refractivity contribution in [2.45, 2.75) is 13.5 Å². The molecule has 0 unspecified atom stereocenters. The molecule has 0 fully saturated rings. The number of benzene rings is 2. The van der Waals surface area contributed by atoms with Crippen molar-refractivity contribution in [1.82, 2.24) is 4.57 Å². The van der Waals surface area contributed by atoms with Gasteiger partial charge in [-0.1, -0.05) is 11.6 Å². The van der Waals surface area contributed by atoms with Crippen molar-refractivity contribution in [2.24, 2.45) is 0 Å². The summed E-state index contributed by atoms with van der Waals surface area (Å²) in [6.45, 7) is 3.35. The molecule has 108 valence electrons. The minimum atomic E-state index is 0.672. The number of anilines is 1. The number of nitrogen functional groups attached to an aromatic ring is 1. The molecule has 0 aliphatic rings. The average molecular weight is 301 g/mol. The van der Waals surface area contributed by atoms with Crippen LogP contribution >= 0.6 is 11.6 Å². The fourth-order valence-electron chi connectivity index (χ4n) is 2.47. The molecule has 0 radical (unpaired) electrons. The lowest BCUT2D eigenvalue weighted by molar-refractivity contribution is 0.340. The van der Waals surface area contributed by atoms with Crippen LogP contribution in [0.5, 0.6) is 5.75 Å². The van der Waals surface area contributed by atoms with E-state index in [9.17, 15) is 0 Å².